The van der Waals surface area contributed by atoms with Crippen LogP contribution in [0.1, 0.15) is 74.8 Å². The van der Waals surface area contributed by atoms with Crippen molar-refractivity contribution in [2.45, 2.75) is 91.5 Å². The first-order valence-electron chi connectivity index (χ1n) is 10.5. The molecule has 0 aliphatic carbocycles. The van der Waals surface area contributed by atoms with E-state index in [9.17, 15) is 4.79 Å². The molecule has 1 aliphatic heterocycles. The molecule has 5 nitrogen and oxygen atoms in total. The van der Waals surface area contributed by atoms with Crippen molar-refractivity contribution in [3.8, 4) is 0 Å². The molecule has 0 radical (unpaired) electrons. The minimum absolute atomic E-state index is 0.231. The van der Waals surface area contributed by atoms with E-state index in [2.05, 4.69) is 78.0 Å². The highest BCUT2D eigenvalue weighted by molar-refractivity contribution is 6.62. The molecule has 2 rings (SSSR count). The fourth-order valence-corrected chi connectivity index (χ4v) is 3.21. The van der Waals surface area contributed by atoms with Crippen LogP contribution in [-0.2, 0) is 19.5 Å². The van der Waals surface area contributed by atoms with Gasteiger partial charge in [-0.2, -0.15) is 0 Å². The molecule has 1 aliphatic rings. The lowest BCUT2D eigenvalue weighted by atomic mass is 9.71. The predicted octanol–water partition coefficient (Wildman–Crippen LogP) is 4.42. The second kappa shape index (κ2) is 7.95. The number of benzene rings is 1. The highest BCUT2D eigenvalue weighted by Crippen LogP contribution is 2.37. The van der Waals surface area contributed by atoms with E-state index in [1.807, 2.05) is 20.8 Å². The van der Waals surface area contributed by atoms with Crippen LogP contribution < -0.4 is 10.8 Å². The Kier molecular flexibility index (Phi) is 6.51. The van der Waals surface area contributed by atoms with Gasteiger partial charge < -0.3 is 19.4 Å². The molecule has 0 saturated carbocycles. The van der Waals surface area contributed by atoms with Crippen LogP contribution in [-0.4, -0.2) is 36.6 Å². The molecule has 1 atom stereocenters. The van der Waals surface area contributed by atoms with E-state index >= 15 is 0 Å². The smallest absolute Gasteiger partial charge is 0.444 e. The van der Waals surface area contributed by atoms with Gasteiger partial charge >= 0.3 is 13.2 Å². The molecule has 1 aromatic rings. The molecule has 1 N–H and O–H groups in total. The number of hydrogen-bond donors (Lipinski definition) is 1. The third kappa shape index (κ3) is 5.34. The van der Waals surface area contributed by atoms with Crippen molar-refractivity contribution in [2.24, 2.45) is 5.92 Å². The Balaban J connectivity index is 2.15. The summed E-state index contributed by atoms with van der Waals surface area (Å²) < 4.78 is 17.7. The molecule has 1 aromatic carbocycles. The molecule has 0 spiro atoms. The molecule has 1 fully saturated rings. The molecule has 6 heteroatoms. The van der Waals surface area contributed by atoms with Crippen LogP contribution in [0.15, 0.2) is 24.3 Å². The lowest BCUT2D eigenvalue weighted by Gasteiger charge is -2.35. The molecular weight excluding hydrogens is 365 g/mol. The fourth-order valence-electron chi connectivity index (χ4n) is 3.21. The van der Waals surface area contributed by atoms with Crippen LogP contribution >= 0.6 is 0 Å². The summed E-state index contributed by atoms with van der Waals surface area (Å²) in [5.74, 6) is 0.320. The van der Waals surface area contributed by atoms with Gasteiger partial charge in [-0.25, -0.2) is 4.79 Å². The molecule has 0 aromatic heterocycles. The van der Waals surface area contributed by atoms with Crippen LogP contribution in [0.2, 0.25) is 0 Å². The number of alkyl carbamates (subject to hydrolysis) is 1. The summed E-state index contributed by atoms with van der Waals surface area (Å²) in [6.07, 6.45) is -0.391. The van der Waals surface area contributed by atoms with Gasteiger partial charge in [0.1, 0.15) is 5.60 Å². The normalized spacial score (nSPS) is 20.4. The maximum absolute atomic E-state index is 12.1. The number of nitrogens with one attached hydrogen (secondary N) is 1. The Morgan fingerprint density at radius 2 is 1.52 bits per heavy atom. The molecule has 29 heavy (non-hydrogen) atoms. The summed E-state index contributed by atoms with van der Waals surface area (Å²) in [4.78, 5) is 12.1. The predicted molar refractivity (Wildman–Crippen MR) is 119 cm³/mol. The van der Waals surface area contributed by atoms with Gasteiger partial charge in [-0.3, -0.25) is 0 Å². The number of hydrogen-bond acceptors (Lipinski definition) is 4. The highest BCUT2D eigenvalue weighted by Gasteiger charge is 2.51. The number of carbonyl (C=O) groups is 1. The third-order valence-electron chi connectivity index (χ3n) is 6.37. The van der Waals surface area contributed by atoms with E-state index < -0.39 is 11.7 Å². The summed E-state index contributed by atoms with van der Waals surface area (Å²) >= 11 is 0. The Morgan fingerprint density at radius 3 is 1.93 bits per heavy atom. The lowest BCUT2D eigenvalue weighted by molar-refractivity contribution is 0.00578. The van der Waals surface area contributed by atoms with Gasteiger partial charge in [0.15, 0.2) is 0 Å². The Morgan fingerprint density at radius 1 is 1.03 bits per heavy atom. The van der Waals surface area contributed by atoms with Crippen molar-refractivity contribution in [1.29, 1.82) is 0 Å². The number of carbonyl (C=O) groups excluding carboxylic acids is 1. The minimum Gasteiger partial charge on any atom is -0.444 e. The van der Waals surface area contributed by atoms with E-state index in [-0.39, 0.29) is 23.7 Å². The monoisotopic (exact) mass is 403 g/mol. The van der Waals surface area contributed by atoms with Crippen LogP contribution in [0, 0.1) is 5.92 Å². The Labute approximate surface area is 177 Å². The van der Waals surface area contributed by atoms with Crippen LogP contribution in [0.3, 0.4) is 0 Å². The van der Waals surface area contributed by atoms with Gasteiger partial charge in [-0.15, -0.1) is 0 Å². The Bertz CT molecular complexity index is 705. The molecule has 1 saturated heterocycles. The summed E-state index contributed by atoms with van der Waals surface area (Å²) in [6, 6.07) is 8.34. The van der Waals surface area contributed by atoms with Gasteiger partial charge in [0.25, 0.3) is 0 Å². The SMILES string of the molecule is CC(C)C(C)(CNC(=O)OC(C)(C)C)c1ccc(B2OC(C)(C)C(C)(C)O2)cc1. The average Bonchev–Trinajstić information content (AvgIpc) is 2.79. The van der Waals surface area contributed by atoms with Gasteiger partial charge in [0, 0.05) is 12.0 Å². The van der Waals surface area contributed by atoms with Crippen LogP contribution in [0.4, 0.5) is 4.79 Å². The molecule has 1 amide bonds. The zero-order valence-corrected chi connectivity index (χ0v) is 19.8. The number of ether oxygens (including phenoxy) is 1. The van der Waals surface area contributed by atoms with Crippen molar-refractivity contribution in [1.82, 2.24) is 5.32 Å². The van der Waals surface area contributed by atoms with E-state index in [0.717, 1.165) is 11.0 Å². The van der Waals surface area contributed by atoms with E-state index in [1.54, 1.807) is 0 Å². The van der Waals surface area contributed by atoms with Crippen molar-refractivity contribution in [3.63, 3.8) is 0 Å². The van der Waals surface area contributed by atoms with Crippen molar-refractivity contribution in [2.75, 3.05) is 6.54 Å². The summed E-state index contributed by atoms with van der Waals surface area (Å²) in [6.45, 7) is 20.8. The van der Waals surface area contributed by atoms with E-state index in [1.165, 1.54) is 0 Å². The van der Waals surface area contributed by atoms with Crippen LogP contribution in [0.25, 0.3) is 0 Å². The van der Waals surface area contributed by atoms with E-state index in [0.29, 0.717) is 12.5 Å². The first-order valence-corrected chi connectivity index (χ1v) is 10.5. The van der Waals surface area contributed by atoms with Gasteiger partial charge in [0.05, 0.1) is 11.2 Å². The minimum atomic E-state index is -0.511. The molecule has 1 heterocycles. The van der Waals surface area contributed by atoms with Gasteiger partial charge in [-0.05, 0) is 65.4 Å². The zero-order valence-electron chi connectivity index (χ0n) is 19.8. The third-order valence-corrected chi connectivity index (χ3v) is 6.37. The largest absolute Gasteiger partial charge is 0.494 e. The fraction of sp³-hybridized carbons (Fsp3) is 0.696. The zero-order chi connectivity index (χ0) is 22.3. The molecule has 1 unspecified atom stereocenters. The number of amides is 1. The Hall–Kier alpha value is -1.53. The van der Waals surface area contributed by atoms with Crippen molar-refractivity contribution in [3.05, 3.63) is 29.8 Å². The van der Waals surface area contributed by atoms with Crippen molar-refractivity contribution < 1.29 is 18.8 Å². The molecule has 162 valence electrons. The second-order valence-corrected chi connectivity index (χ2v) is 10.6. The first kappa shape index (κ1) is 23.8. The topological polar surface area (TPSA) is 56.8 Å². The highest BCUT2D eigenvalue weighted by atomic mass is 16.7. The maximum atomic E-state index is 12.1. The summed E-state index contributed by atoms with van der Waals surface area (Å²) in [5, 5.41) is 2.94. The van der Waals surface area contributed by atoms with E-state index in [4.69, 9.17) is 14.0 Å². The standard InChI is InChI=1S/C23H38BNO4/c1-16(2)23(10,15-25-19(26)27-20(3,4)5)17-11-13-18(14-12-17)24-28-21(6,7)22(8,9)29-24/h11-14,16H,15H2,1-10H3,(H,25,26). The quantitative estimate of drug-likeness (QED) is 0.740. The number of rotatable bonds is 5. The maximum Gasteiger partial charge on any atom is 0.494 e. The van der Waals surface area contributed by atoms with Gasteiger partial charge in [0.2, 0.25) is 0 Å². The first-order chi connectivity index (χ1) is 13.1. The summed E-state index contributed by atoms with van der Waals surface area (Å²) in [7, 11) is -0.376. The molecule has 0 bridgehead atoms. The van der Waals surface area contributed by atoms with Crippen molar-refractivity contribution >= 4 is 18.7 Å². The second-order valence-electron chi connectivity index (χ2n) is 10.6. The average molecular weight is 403 g/mol. The summed E-state index contributed by atoms with van der Waals surface area (Å²) in [5.41, 5.74) is 0.691. The van der Waals surface area contributed by atoms with Gasteiger partial charge in [-0.1, -0.05) is 45.0 Å². The molecular formula is C23H38BNO4. The lowest BCUT2D eigenvalue weighted by Crippen LogP contribution is -2.44. The van der Waals surface area contributed by atoms with Crippen LogP contribution in [0.5, 0.6) is 0 Å².